The fourth-order valence-corrected chi connectivity index (χ4v) is 5.30. The largest absolute Gasteiger partial charge is 0.344 e. The molecule has 0 N–H and O–H groups in total. The molecule has 0 amide bonds. The number of anilines is 10. The second kappa shape index (κ2) is 10.3. The smallest absolute Gasteiger partial charge is 0.0429 e. The topological polar surface area (TPSA) is 16.2 Å². The maximum atomic E-state index is 2.24. The molecule has 1 aliphatic heterocycles. The van der Waals surface area contributed by atoms with Gasteiger partial charge in [0.2, 0.25) is 0 Å². The second-order valence-electron chi connectivity index (χ2n) is 10.4. The van der Waals surface area contributed by atoms with Gasteiger partial charge in [-0.1, -0.05) is 30.3 Å². The molecule has 5 aromatic rings. The van der Waals surface area contributed by atoms with Gasteiger partial charge < -0.3 is 24.5 Å². The molecule has 6 rings (SSSR count). The summed E-state index contributed by atoms with van der Waals surface area (Å²) in [4.78, 5) is 11.2. The second-order valence-corrected chi connectivity index (χ2v) is 10.4. The van der Waals surface area contributed by atoms with Gasteiger partial charge >= 0.3 is 0 Å². The van der Waals surface area contributed by atoms with E-state index in [-0.39, 0.29) is 0 Å². The van der Waals surface area contributed by atoms with Crippen LogP contribution in [0.1, 0.15) is 0 Å². The Labute approximate surface area is 237 Å². The molecule has 5 heteroatoms. The standard InChI is InChI=1S/C35H35N5/c1-36-26-11-6-13-28(21-26)37(2)30-15-8-17-32(23-30)39(4)34-19-10-20-35(25-34)40(5)33-18-9-16-31(24-33)38(3)29-14-7-12-27(36)22-29/h6-25H,1-5H3. The van der Waals surface area contributed by atoms with E-state index < -0.39 is 0 Å². The third kappa shape index (κ3) is 4.71. The van der Waals surface area contributed by atoms with Gasteiger partial charge in [0.05, 0.1) is 0 Å². The third-order valence-electron chi connectivity index (χ3n) is 8.02. The van der Waals surface area contributed by atoms with Gasteiger partial charge in [0.1, 0.15) is 0 Å². The predicted octanol–water partition coefficient (Wildman–Crippen LogP) is 8.84. The van der Waals surface area contributed by atoms with Crippen molar-refractivity contribution >= 4 is 56.9 Å². The third-order valence-corrected chi connectivity index (χ3v) is 8.02. The van der Waals surface area contributed by atoms with Crippen LogP contribution < -0.4 is 24.5 Å². The lowest BCUT2D eigenvalue weighted by atomic mass is 10.1. The van der Waals surface area contributed by atoms with Crippen LogP contribution in [0.2, 0.25) is 0 Å². The van der Waals surface area contributed by atoms with Gasteiger partial charge in [-0.2, -0.15) is 0 Å². The van der Waals surface area contributed by atoms with Crippen LogP contribution in [0, 0.1) is 0 Å². The van der Waals surface area contributed by atoms with E-state index in [4.69, 9.17) is 0 Å². The zero-order chi connectivity index (χ0) is 27.8. The van der Waals surface area contributed by atoms with Crippen molar-refractivity contribution in [1.29, 1.82) is 0 Å². The maximum absolute atomic E-state index is 2.24. The number of rotatable bonds is 0. The van der Waals surface area contributed by atoms with E-state index in [1.165, 1.54) is 0 Å². The molecular weight excluding hydrogens is 490 g/mol. The molecule has 0 fully saturated rings. The minimum absolute atomic E-state index is 1.13. The first-order chi connectivity index (χ1) is 19.4. The lowest BCUT2D eigenvalue weighted by molar-refractivity contribution is 1.15. The highest BCUT2D eigenvalue weighted by molar-refractivity contribution is 5.78. The summed E-state index contributed by atoms with van der Waals surface area (Å²) in [5.74, 6) is 0. The van der Waals surface area contributed by atoms with Crippen molar-refractivity contribution < 1.29 is 0 Å². The van der Waals surface area contributed by atoms with Crippen molar-refractivity contribution in [3.63, 3.8) is 0 Å². The Hall–Kier alpha value is -4.90. The normalized spacial score (nSPS) is 13.4. The molecule has 0 atom stereocenters. The number of fused-ring (bicyclic) bond motifs is 10. The van der Waals surface area contributed by atoms with E-state index in [1.54, 1.807) is 0 Å². The molecule has 0 radical (unpaired) electrons. The maximum Gasteiger partial charge on any atom is 0.0429 e. The molecule has 200 valence electrons. The average Bonchev–Trinajstić information content (AvgIpc) is 3.03. The van der Waals surface area contributed by atoms with Gasteiger partial charge in [-0.25, -0.2) is 0 Å². The summed E-state index contributed by atoms with van der Waals surface area (Å²) >= 11 is 0. The zero-order valence-corrected chi connectivity index (χ0v) is 23.8. The molecule has 10 bridgehead atoms. The van der Waals surface area contributed by atoms with Gasteiger partial charge in [0, 0.05) is 92.1 Å². The van der Waals surface area contributed by atoms with Gasteiger partial charge in [-0.3, -0.25) is 0 Å². The van der Waals surface area contributed by atoms with Gasteiger partial charge in [-0.05, 0) is 91.0 Å². The molecule has 1 aliphatic rings. The van der Waals surface area contributed by atoms with Crippen molar-refractivity contribution in [3.05, 3.63) is 121 Å². The van der Waals surface area contributed by atoms with Crippen molar-refractivity contribution in [1.82, 2.24) is 0 Å². The SMILES string of the molecule is CN1c2cccc(c2)N(C)c2cccc(c2)N(C)c2cccc(c2)N(C)c2cccc(c2)N(C)c2cccc1c2. The molecule has 40 heavy (non-hydrogen) atoms. The van der Waals surface area contributed by atoms with Gasteiger partial charge in [-0.15, -0.1) is 0 Å². The van der Waals surface area contributed by atoms with Crippen LogP contribution in [0.5, 0.6) is 0 Å². The Morgan fingerprint density at radius 2 is 0.375 bits per heavy atom. The van der Waals surface area contributed by atoms with Gasteiger partial charge in [0.25, 0.3) is 0 Å². The molecule has 5 aromatic carbocycles. The Morgan fingerprint density at radius 3 is 0.500 bits per heavy atom. The fraction of sp³-hybridized carbons (Fsp3) is 0.143. The minimum atomic E-state index is 1.13. The Kier molecular flexibility index (Phi) is 6.56. The molecule has 1 heterocycles. The number of hydrogen-bond acceptors (Lipinski definition) is 5. The first kappa shape index (κ1) is 25.4. The molecule has 0 aromatic heterocycles. The van der Waals surface area contributed by atoms with E-state index in [2.05, 4.69) is 181 Å². The summed E-state index contributed by atoms with van der Waals surface area (Å²) in [7, 11) is 10.6. The van der Waals surface area contributed by atoms with E-state index in [1.807, 2.05) is 0 Å². The lowest BCUT2D eigenvalue weighted by Gasteiger charge is -2.28. The summed E-state index contributed by atoms with van der Waals surface area (Å²) in [6.07, 6.45) is 0. The Balaban J connectivity index is 1.52. The van der Waals surface area contributed by atoms with Crippen LogP contribution in [-0.2, 0) is 0 Å². The van der Waals surface area contributed by atoms with Crippen LogP contribution in [0.25, 0.3) is 0 Å². The summed E-state index contributed by atoms with van der Waals surface area (Å²) in [6.45, 7) is 0. The van der Waals surface area contributed by atoms with Crippen LogP contribution in [0.3, 0.4) is 0 Å². The monoisotopic (exact) mass is 525 g/mol. The minimum Gasteiger partial charge on any atom is -0.344 e. The average molecular weight is 526 g/mol. The number of hydrogen-bond donors (Lipinski definition) is 0. The number of benzene rings is 5. The fourth-order valence-electron chi connectivity index (χ4n) is 5.30. The first-order valence-corrected chi connectivity index (χ1v) is 13.6. The van der Waals surface area contributed by atoms with Crippen molar-refractivity contribution in [2.75, 3.05) is 59.7 Å². The molecular formula is C35H35N5. The highest BCUT2D eigenvalue weighted by Crippen LogP contribution is 2.37. The molecule has 0 aliphatic carbocycles. The Bertz CT molecular complexity index is 1280. The zero-order valence-electron chi connectivity index (χ0n) is 23.8. The van der Waals surface area contributed by atoms with Crippen molar-refractivity contribution in [2.24, 2.45) is 0 Å². The van der Waals surface area contributed by atoms with E-state index in [0.29, 0.717) is 0 Å². The predicted molar refractivity (Wildman–Crippen MR) is 173 cm³/mol. The molecule has 0 unspecified atom stereocenters. The van der Waals surface area contributed by atoms with E-state index in [9.17, 15) is 0 Å². The van der Waals surface area contributed by atoms with Crippen LogP contribution >= 0.6 is 0 Å². The van der Waals surface area contributed by atoms with Crippen molar-refractivity contribution in [2.45, 2.75) is 0 Å². The quantitative estimate of drug-likeness (QED) is 0.200. The van der Waals surface area contributed by atoms with E-state index >= 15 is 0 Å². The summed E-state index contributed by atoms with van der Waals surface area (Å²) in [5, 5.41) is 0. The summed E-state index contributed by atoms with van der Waals surface area (Å²) < 4.78 is 0. The van der Waals surface area contributed by atoms with E-state index in [0.717, 1.165) is 56.9 Å². The summed E-state index contributed by atoms with van der Waals surface area (Å²) in [5.41, 5.74) is 11.3. The van der Waals surface area contributed by atoms with Crippen molar-refractivity contribution in [3.8, 4) is 0 Å². The highest BCUT2D eigenvalue weighted by atomic mass is 15.2. The lowest BCUT2D eigenvalue weighted by Crippen LogP contribution is -2.16. The summed E-state index contributed by atoms with van der Waals surface area (Å²) in [6, 6.07) is 43.5. The molecule has 5 nitrogen and oxygen atoms in total. The first-order valence-electron chi connectivity index (χ1n) is 13.6. The van der Waals surface area contributed by atoms with Crippen LogP contribution in [0.15, 0.2) is 121 Å². The van der Waals surface area contributed by atoms with Gasteiger partial charge in [0.15, 0.2) is 0 Å². The van der Waals surface area contributed by atoms with Crippen LogP contribution in [-0.4, -0.2) is 35.2 Å². The Morgan fingerprint density at radius 1 is 0.250 bits per heavy atom. The van der Waals surface area contributed by atoms with Crippen LogP contribution in [0.4, 0.5) is 56.9 Å². The highest BCUT2D eigenvalue weighted by Gasteiger charge is 2.15. The molecule has 0 saturated heterocycles. The number of nitrogens with zero attached hydrogens (tertiary/aromatic N) is 5. The molecule has 0 saturated carbocycles. The molecule has 0 spiro atoms.